The summed E-state index contributed by atoms with van der Waals surface area (Å²) in [6.07, 6.45) is 3.94. The van der Waals surface area contributed by atoms with Gasteiger partial charge in [-0.05, 0) is 30.4 Å². The van der Waals surface area contributed by atoms with Gasteiger partial charge in [0.2, 0.25) is 5.78 Å². The van der Waals surface area contributed by atoms with Gasteiger partial charge in [0.05, 0.1) is 12.6 Å². The summed E-state index contributed by atoms with van der Waals surface area (Å²) in [6.45, 7) is 4.08. The summed E-state index contributed by atoms with van der Waals surface area (Å²) in [6, 6.07) is 10.9. The molecule has 1 aromatic heterocycles. The fourth-order valence-electron chi connectivity index (χ4n) is 4.12. The van der Waals surface area contributed by atoms with Crippen LogP contribution in [0.25, 0.3) is 5.53 Å². The number of pyridine rings is 1. The number of nitrogens with zero attached hydrogens (tertiary/aromatic N) is 3. The summed E-state index contributed by atoms with van der Waals surface area (Å²) in [5.41, 5.74) is 9.03. The molecule has 0 bridgehead atoms. The van der Waals surface area contributed by atoms with Crippen LogP contribution >= 0.6 is 0 Å². The lowest BCUT2D eigenvalue weighted by atomic mass is 9.96. The van der Waals surface area contributed by atoms with Gasteiger partial charge in [0.1, 0.15) is 6.61 Å². The van der Waals surface area contributed by atoms with Crippen molar-refractivity contribution in [3.05, 3.63) is 75.7 Å². The Morgan fingerprint density at radius 1 is 1.03 bits per heavy atom. The van der Waals surface area contributed by atoms with Crippen molar-refractivity contribution in [3.8, 4) is 0 Å². The molecule has 0 aliphatic rings. The van der Waals surface area contributed by atoms with Crippen molar-refractivity contribution in [3.63, 3.8) is 0 Å². The number of nitrogens with one attached hydrogen (secondary N) is 1. The third-order valence-corrected chi connectivity index (χ3v) is 6.57. The first-order valence-corrected chi connectivity index (χ1v) is 13.2. The number of rotatable bonds is 17. The van der Waals surface area contributed by atoms with Crippen molar-refractivity contribution in [2.45, 2.75) is 78.0 Å². The molecule has 208 valence electrons. The molecule has 1 heterocycles. The van der Waals surface area contributed by atoms with Gasteiger partial charge in [-0.15, -0.1) is 0 Å². The van der Waals surface area contributed by atoms with E-state index in [0.717, 1.165) is 24.8 Å². The molecule has 10 nitrogen and oxygen atoms in total. The van der Waals surface area contributed by atoms with Crippen LogP contribution in [0.4, 0.5) is 4.79 Å². The van der Waals surface area contributed by atoms with Gasteiger partial charge < -0.3 is 20.2 Å². The van der Waals surface area contributed by atoms with Crippen molar-refractivity contribution < 1.29 is 28.7 Å². The zero-order valence-corrected chi connectivity index (χ0v) is 22.5. The quantitative estimate of drug-likeness (QED) is 0.185. The van der Waals surface area contributed by atoms with E-state index in [2.05, 4.69) is 24.0 Å². The van der Waals surface area contributed by atoms with Crippen LogP contribution < -0.4 is 10.9 Å². The summed E-state index contributed by atoms with van der Waals surface area (Å²) in [7, 11) is 0. The highest BCUT2D eigenvalue weighted by atomic mass is 16.5. The summed E-state index contributed by atoms with van der Waals surface area (Å²) < 4.78 is 6.49. The SMILES string of the molecule is CCC(CC)CCC(=O)Cn1cccc(CC(=O)[C@H](CCC(=O)C=[N+]=[N-])NC(=O)OCc2ccccc2)c1=O. The molecule has 10 heteroatoms. The van der Waals surface area contributed by atoms with E-state index in [-0.39, 0.29) is 43.8 Å². The first-order valence-electron chi connectivity index (χ1n) is 13.2. The predicted molar refractivity (Wildman–Crippen MR) is 145 cm³/mol. The Hall–Kier alpha value is -4.17. The van der Waals surface area contributed by atoms with Crippen LogP contribution in [0.3, 0.4) is 0 Å². The average Bonchev–Trinajstić information content (AvgIpc) is 2.93. The zero-order valence-electron chi connectivity index (χ0n) is 22.5. The second-order valence-electron chi connectivity index (χ2n) is 9.38. The lowest BCUT2D eigenvalue weighted by Crippen LogP contribution is -2.43. The maximum Gasteiger partial charge on any atom is 0.408 e. The number of carbonyl (C=O) groups excluding carboxylic acids is 4. The molecule has 0 saturated heterocycles. The van der Waals surface area contributed by atoms with Crippen molar-refractivity contribution >= 4 is 29.7 Å². The fourth-order valence-corrected chi connectivity index (χ4v) is 4.12. The van der Waals surface area contributed by atoms with Gasteiger partial charge in [-0.3, -0.25) is 19.2 Å². The Kier molecular flexibility index (Phi) is 13.2. The molecule has 1 aromatic carbocycles. The monoisotopic (exact) mass is 536 g/mol. The third kappa shape index (κ3) is 11.0. The third-order valence-electron chi connectivity index (χ3n) is 6.57. The van der Waals surface area contributed by atoms with Crippen LogP contribution in [-0.4, -0.2) is 45.1 Å². The average molecular weight is 537 g/mol. The standard InChI is InChI=1S/C29H36N4O6/c1-3-21(4-2)12-13-25(35)19-33-16-8-11-23(28(33)37)17-27(36)26(15-14-24(34)18-31-30)32-29(38)39-20-22-9-6-5-7-10-22/h5-11,16,18,21,26H,3-4,12-15,17,19-20H2,1-2H3,(H,32,38)/t26-/m0/s1. The number of hydrogen-bond acceptors (Lipinski definition) is 6. The minimum absolute atomic E-state index is 0.0155. The summed E-state index contributed by atoms with van der Waals surface area (Å²) in [5.74, 6) is -0.634. The molecular weight excluding hydrogens is 500 g/mol. The number of alkyl carbamates (subject to hydrolysis) is 1. The maximum absolute atomic E-state index is 13.1. The number of ketones is 3. The first-order chi connectivity index (χ1) is 18.8. The Labute approximate surface area is 228 Å². The van der Waals surface area contributed by atoms with Crippen molar-refractivity contribution in [2.24, 2.45) is 5.92 Å². The van der Waals surface area contributed by atoms with Crippen LogP contribution in [0.2, 0.25) is 0 Å². The Bertz CT molecular complexity index is 1230. The van der Waals surface area contributed by atoms with Gasteiger partial charge >= 0.3 is 12.3 Å². The molecule has 2 rings (SSSR count). The number of hydrogen-bond donors (Lipinski definition) is 1. The van der Waals surface area contributed by atoms with Crippen LogP contribution in [0, 0.1) is 5.92 Å². The minimum Gasteiger partial charge on any atom is -0.445 e. The molecule has 0 fully saturated rings. The second-order valence-corrected chi connectivity index (χ2v) is 9.38. The zero-order chi connectivity index (χ0) is 28.6. The van der Waals surface area contributed by atoms with E-state index >= 15 is 0 Å². The van der Waals surface area contributed by atoms with Crippen LogP contribution in [0.5, 0.6) is 0 Å². The van der Waals surface area contributed by atoms with Crippen LogP contribution in [-0.2, 0) is 38.7 Å². The fraction of sp³-hybridized carbons (Fsp3) is 0.448. The van der Waals surface area contributed by atoms with E-state index < -0.39 is 29.3 Å². The van der Waals surface area contributed by atoms with Gasteiger partial charge in [-0.25, -0.2) is 4.79 Å². The maximum atomic E-state index is 13.1. The molecule has 39 heavy (non-hydrogen) atoms. The van der Waals surface area contributed by atoms with Crippen molar-refractivity contribution in [1.29, 1.82) is 0 Å². The molecule has 0 aliphatic carbocycles. The number of amides is 1. The van der Waals surface area contributed by atoms with Gasteiger partial charge in [0.15, 0.2) is 11.6 Å². The first kappa shape index (κ1) is 31.1. The molecule has 0 unspecified atom stereocenters. The molecule has 0 radical (unpaired) electrons. The predicted octanol–water partition coefficient (Wildman–Crippen LogP) is 3.69. The normalized spacial score (nSPS) is 11.4. The van der Waals surface area contributed by atoms with Gasteiger partial charge in [-0.1, -0.05) is 63.1 Å². The molecular formula is C29H36N4O6. The summed E-state index contributed by atoms with van der Waals surface area (Å²) >= 11 is 0. The van der Waals surface area contributed by atoms with Crippen molar-refractivity contribution in [1.82, 2.24) is 9.88 Å². The van der Waals surface area contributed by atoms with E-state index in [1.165, 1.54) is 16.8 Å². The summed E-state index contributed by atoms with van der Waals surface area (Å²) in [4.78, 5) is 65.5. The molecule has 0 aliphatic heterocycles. The molecule has 1 N–H and O–H groups in total. The smallest absolute Gasteiger partial charge is 0.408 e. The molecule has 1 atom stereocenters. The number of carbonyl (C=O) groups is 4. The summed E-state index contributed by atoms with van der Waals surface area (Å²) in [5, 5.41) is 2.48. The minimum atomic E-state index is -1.13. The van der Waals surface area contributed by atoms with Gasteiger partial charge in [0.25, 0.3) is 5.56 Å². The Morgan fingerprint density at radius 3 is 2.41 bits per heavy atom. The molecule has 2 aromatic rings. The Balaban J connectivity index is 2.08. The van der Waals surface area contributed by atoms with E-state index in [4.69, 9.17) is 10.3 Å². The molecule has 0 spiro atoms. The molecule has 1 amide bonds. The number of ether oxygens (including phenoxy) is 1. The van der Waals surface area contributed by atoms with Crippen molar-refractivity contribution in [2.75, 3.05) is 0 Å². The largest absolute Gasteiger partial charge is 0.445 e. The van der Waals surface area contributed by atoms with E-state index in [1.54, 1.807) is 30.3 Å². The van der Waals surface area contributed by atoms with Crippen LogP contribution in [0.1, 0.15) is 63.5 Å². The number of benzene rings is 1. The number of Topliss-reactive ketones (excluding diaryl/α,β-unsaturated/α-hetero) is 3. The highest BCUT2D eigenvalue weighted by Crippen LogP contribution is 2.15. The lowest BCUT2D eigenvalue weighted by Gasteiger charge is -2.17. The van der Waals surface area contributed by atoms with E-state index in [1.807, 2.05) is 6.07 Å². The topological polar surface area (TPSA) is 148 Å². The highest BCUT2D eigenvalue weighted by Gasteiger charge is 2.24. The second kappa shape index (κ2) is 16.6. The number of aromatic nitrogens is 1. The van der Waals surface area contributed by atoms with Crippen LogP contribution in [0.15, 0.2) is 53.5 Å². The lowest BCUT2D eigenvalue weighted by molar-refractivity contribution is -0.121. The van der Waals surface area contributed by atoms with E-state index in [9.17, 15) is 24.0 Å². The molecule has 0 saturated carbocycles. The van der Waals surface area contributed by atoms with E-state index in [0.29, 0.717) is 18.6 Å². The highest BCUT2D eigenvalue weighted by molar-refractivity contribution is 6.25. The Morgan fingerprint density at radius 2 is 1.74 bits per heavy atom. The van der Waals surface area contributed by atoms with Gasteiger partial charge in [-0.2, -0.15) is 4.79 Å². The van der Waals surface area contributed by atoms with Gasteiger partial charge in [0, 0.05) is 31.0 Å².